The number of rotatable bonds is 5. The van der Waals surface area contributed by atoms with Crippen LogP contribution < -0.4 is 0 Å². The van der Waals surface area contributed by atoms with Crippen molar-refractivity contribution in [3.05, 3.63) is 0 Å². The van der Waals surface area contributed by atoms with Gasteiger partial charge in [0, 0.05) is 19.0 Å². The molecule has 0 bridgehead atoms. The van der Waals surface area contributed by atoms with E-state index in [1.807, 2.05) is 6.92 Å². The van der Waals surface area contributed by atoms with Gasteiger partial charge in [-0.3, -0.25) is 9.59 Å². The summed E-state index contributed by atoms with van der Waals surface area (Å²) in [6, 6.07) is -0.275. The third-order valence-electron chi connectivity index (χ3n) is 4.26. The van der Waals surface area contributed by atoms with Crippen LogP contribution in [0, 0.1) is 11.8 Å². The minimum atomic E-state index is -3.04. The van der Waals surface area contributed by atoms with Gasteiger partial charge in [-0.15, -0.1) is 0 Å². The van der Waals surface area contributed by atoms with Crippen molar-refractivity contribution in [1.82, 2.24) is 4.90 Å². The van der Waals surface area contributed by atoms with Crippen LogP contribution in [0.2, 0.25) is 0 Å². The lowest BCUT2D eigenvalue weighted by molar-refractivity contribution is -0.153. The Morgan fingerprint density at radius 2 is 2.05 bits per heavy atom. The van der Waals surface area contributed by atoms with E-state index in [4.69, 9.17) is 4.74 Å². The Morgan fingerprint density at radius 3 is 2.59 bits per heavy atom. The minimum Gasteiger partial charge on any atom is -0.462 e. The van der Waals surface area contributed by atoms with Crippen molar-refractivity contribution in [3.8, 4) is 0 Å². The highest BCUT2D eigenvalue weighted by Crippen LogP contribution is 2.27. The quantitative estimate of drug-likeness (QED) is 0.702. The highest BCUT2D eigenvalue weighted by molar-refractivity contribution is 7.91. The molecule has 0 N–H and O–H groups in total. The van der Waals surface area contributed by atoms with Crippen molar-refractivity contribution in [2.24, 2.45) is 11.8 Å². The van der Waals surface area contributed by atoms with Gasteiger partial charge in [-0.25, -0.2) is 8.42 Å². The van der Waals surface area contributed by atoms with E-state index < -0.39 is 15.8 Å². The molecule has 2 aliphatic heterocycles. The third-order valence-corrected chi connectivity index (χ3v) is 6.01. The van der Waals surface area contributed by atoms with Gasteiger partial charge in [0.15, 0.2) is 9.84 Å². The van der Waals surface area contributed by atoms with E-state index in [9.17, 15) is 18.0 Å². The lowest BCUT2D eigenvalue weighted by atomic mass is 10.1. The zero-order chi connectivity index (χ0) is 16.5. The van der Waals surface area contributed by atoms with Gasteiger partial charge in [-0.1, -0.05) is 13.8 Å². The maximum absolute atomic E-state index is 12.2. The molecule has 0 aliphatic carbocycles. The highest BCUT2D eigenvalue weighted by atomic mass is 32.2. The molecule has 0 radical (unpaired) electrons. The molecule has 0 saturated carbocycles. The van der Waals surface area contributed by atoms with Crippen LogP contribution in [0.15, 0.2) is 0 Å². The Kier molecular flexibility index (Phi) is 5.14. The Balaban J connectivity index is 1.90. The lowest BCUT2D eigenvalue weighted by Crippen LogP contribution is -2.38. The molecule has 2 rings (SSSR count). The Morgan fingerprint density at radius 1 is 1.36 bits per heavy atom. The number of hydrogen-bond donors (Lipinski definition) is 0. The summed E-state index contributed by atoms with van der Waals surface area (Å²) in [6.07, 6.45) is 1.23. The van der Waals surface area contributed by atoms with Crippen LogP contribution >= 0.6 is 0 Å². The molecule has 0 aromatic heterocycles. The molecule has 7 heteroatoms. The lowest BCUT2D eigenvalue weighted by Gasteiger charge is -2.23. The maximum atomic E-state index is 12.2. The van der Waals surface area contributed by atoms with E-state index in [1.165, 1.54) is 0 Å². The average Bonchev–Trinajstić information content (AvgIpc) is 2.91. The average molecular weight is 331 g/mol. The van der Waals surface area contributed by atoms with Crippen LogP contribution in [-0.4, -0.2) is 55.4 Å². The summed E-state index contributed by atoms with van der Waals surface area (Å²) in [4.78, 5) is 25.8. The maximum Gasteiger partial charge on any atom is 0.311 e. The number of sulfone groups is 1. The van der Waals surface area contributed by atoms with Gasteiger partial charge in [-0.2, -0.15) is 0 Å². The monoisotopic (exact) mass is 331 g/mol. The topological polar surface area (TPSA) is 80.8 Å². The number of likely N-dealkylation sites (tertiary alicyclic amines) is 1. The summed E-state index contributed by atoms with van der Waals surface area (Å²) in [5.41, 5.74) is 0. The molecule has 3 atom stereocenters. The number of nitrogens with zero attached hydrogens (tertiary/aromatic N) is 1. The molecule has 126 valence electrons. The summed E-state index contributed by atoms with van der Waals surface area (Å²) in [5, 5.41) is 0. The predicted octanol–water partition coefficient (Wildman–Crippen LogP) is 1.000. The summed E-state index contributed by atoms with van der Waals surface area (Å²) < 4.78 is 28.5. The first-order chi connectivity index (χ1) is 10.2. The summed E-state index contributed by atoms with van der Waals surface area (Å²) in [6.45, 7) is 6.26. The van der Waals surface area contributed by atoms with Crippen LogP contribution in [0.3, 0.4) is 0 Å². The summed E-state index contributed by atoms with van der Waals surface area (Å²) in [5.74, 6) is -0.365. The molecular formula is C15H25NO5S. The van der Waals surface area contributed by atoms with E-state index in [-0.39, 0.29) is 48.5 Å². The molecule has 0 aromatic rings. The highest BCUT2D eigenvalue weighted by Gasteiger charge is 2.42. The first kappa shape index (κ1) is 17.2. The zero-order valence-electron chi connectivity index (χ0n) is 13.4. The van der Waals surface area contributed by atoms with Crippen LogP contribution in [0.25, 0.3) is 0 Å². The van der Waals surface area contributed by atoms with Gasteiger partial charge in [0.25, 0.3) is 0 Å². The van der Waals surface area contributed by atoms with E-state index in [2.05, 4.69) is 13.8 Å². The Bertz CT molecular complexity index is 542. The van der Waals surface area contributed by atoms with Gasteiger partial charge >= 0.3 is 5.97 Å². The van der Waals surface area contributed by atoms with Crippen molar-refractivity contribution in [1.29, 1.82) is 0 Å². The second-order valence-electron chi connectivity index (χ2n) is 6.88. The van der Waals surface area contributed by atoms with E-state index in [0.717, 1.165) is 6.42 Å². The number of esters is 1. The molecule has 0 aromatic carbocycles. The zero-order valence-corrected chi connectivity index (χ0v) is 14.3. The van der Waals surface area contributed by atoms with Crippen molar-refractivity contribution >= 4 is 21.7 Å². The smallest absolute Gasteiger partial charge is 0.311 e. The first-order valence-corrected chi connectivity index (χ1v) is 9.70. The fraction of sp³-hybridized carbons (Fsp3) is 0.867. The molecule has 6 nitrogen and oxygen atoms in total. The molecule has 2 heterocycles. The normalized spacial score (nSPS) is 29.1. The molecule has 1 amide bonds. The van der Waals surface area contributed by atoms with Crippen LogP contribution in [0.5, 0.6) is 0 Å². The molecule has 22 heavy (non-hydrogen) atoms. The number of amides is 1. The van der Waals surface area contributed by atoms with Gasteiger partial charge < -0.3 is 9.64 Å². The molecule has 2 aliphatic rings. The van der Waals surface area contributed by atoms with Crippen LogP contribution in [-0.2, 0) is 24.2 Å². The van der Waals surface area contributed by atoms with Crippen molar-refractivity contribution in [2.45, 2.75) is 52.2 Å². The molecule has 0 spiro atoms. The second kappa shape index (κ2) is 6.56. The largest absolute Gasteiger partial charge is 0.462 e. The molecule has 2 saturated heterocycles. The van der Waals surface area contributed by atoms with Crippen molar-refractivity contribution in [2.75, 3.05) is 18.1 Å². The number of carbonyl (C=O) groups excluding carboxylic acids is 2. The molecular weight excluding hydrogens is 306 g/mol. The SMILES string of the molecule is CC(C)C[C@H](C)OC(=O)[C@H]1CC(=O)N([C@@H]2CCS(=O)(=O)C2)C1. The summed E-state index contributed by atoms with van der Waals surface area (Å²) >= 11 is 0. The predicted molar refractivity (Wildman–Crippen MR) is 81.9 cm³/mol. The van der Waals surface area contributed by atoms with E-state index in [0.29, 0.717) is 12.3 Å². The molecule has 2 fully saturated rings. The van der Waals surface area contributed by atoms with E-state index in [1.54, 1.807) is 4.90 Å². The fourth-order valence-corrected chi connectivity index (χ4v) is 5.00. The summed E-state index contributed by atoms with van der Waals surface area (Å²) in [7, 11) is -3.04. The number of carbonyl (C=O) groups is 2. The number of hydrogen-bond acceptors (Lipinski definition) is 5. The van der Waals surface area contributed by atoms with Gasteiger partial charge in [0.1, 0.15) is 0 Å². The van der Waals surface area contributed by atoms with Crippen LogP contribution in [0.4, 0.5) is 0 Å². The fourth-order valence-electron chi connectivity index (χ4n) is 3.27. The van der Waals surface area contributed by atoms with Crippen molar-refractivity contribution < 1.29 is 22.7 Å². The minimum absolute atomic E-state index is 0.0181. The van der Waals surface area contributed by atoms with E-state index >= 15 is 0 Å². The standard InChI is InChI=1S/C15H25NO5S/c1-10(2)6-11(3)21-15(18)12-7-14(17)16(8-12)13-4-5-22(19,20)9-13/h10-13H,4-9H2,1-3H3/t11-,12-,13+/m0/s1. The second-order valence-corrected chi connectivity index (χ2v) is 9.11. The van der Waals surface area contributed by atoms with Crippen molar-refractivity contribution in [3.63, 3.8) is 0 Å². The third kappa shape index (κ3) is 4.21. The van der Waals surface area contributed by atoms with Gasteiger partial charge in [0.2, 0.25) is 5.91 Å². The first-order valence-electron chi connectivity index (χ1n) is 7.88. The van der Waals surface area contributed by atoms with Gasteiger partial charge in [0.05, 0.1) is 23.5 Å². The number of ether oxygens (including phenoxy) is 1. The molecule has 0 unspecified atom stereocenters. The van der Waals surface area contributed by atoms with Crippen LogP contribution in [0.1, 0.15) is 40.0 Å². The Labute approximate surface area is 132 Å². The van der Waals surface area contributed by atoms with Gasteiger partial charge in [-0.05, 0) is 25.7 Å². The Hall–Kier alpha value is -1.11.